The minimum absolute atomic E-state index is 0.0491. The molecule has 0 radical (unpaired) electrons. The number of primary sulfonamides is 1. The predicted octanol–water partition coefficient (Wildman–Crippen LogP) is 1.37. The molecule has 26 heavy (non-hydrogen) atoms. The Bertz CT molecular complexity index is 1000. The largest absolute Gasteiger partial charge is 0.279 e. The first-order valence-corrected chi connectivity index (χ1v) is 11.7. The van der Waals surface area contributed by atoms with Crippen molar-refractivity contribution in [3.05, 3.63) is 41.3 Å². The van der Waals surface area contributed by atoms with Gasteiger partial charge in [-0.05, 0) is 49.2 Å². The second-order valence-electron chi connectivity index (χ2n) is 6.25. The standard InChI is InChI=1S/C15H20N4O4S3/c1-9-10(2)17-18-15(9)13-7-8-14(24-13)26(22,23)19-11-3-5-12(6-4-11)25(16,20)21/h3-10,15,17-19H,1-2H3,(H2,16,20,21). The number of hydrazine groups is 1. The SMILES string of the molecule is CC1NNC(c2ccc(S(=O)(=O)Nc3ccc(S(N)(=O)=O)cc3)s2)C1C. The molecular weight excluding hydrogens is 396 g/mol. The van der Waals surface area contributed by atoms with Crippen LogP contribution in [0.5, 0.6) is 0 Å². The van der Waals surface area contributed by atoms with Crippen LogP contribution in [0.1, 0.15) is 24.8 Å². The molecule has 0 saturated carbocycles. The Balaban J connectivity index is 1.79. The van der Waals surface area contributed by atoms with E-state index in [9.17, 15) is 16.8 Å². The van der Waals surface area contributed by atoms with Gasteiger partial charge in [-0.2, -0.15) is 0 Å². The maximum atomic E-state index is 12.6. The highest BCUT2D eigenvalue weighted by Crippen LogP contribution is 2.34. The van der Waals surface area contributed by atoms with E-state index in [1.165, 1.54) is 35.6 Å². The van der Waals surface area contributed by atoms with Crippen molar-refractivity contribution >= 4 is 37.1 Å². The number of hydrogen-bond donors (Lipinski definition) is 4. The first kappa shape index (κ1) is 19.3. The molecule has 1 aromatic carbocycles. The van der Waals surface area contributed by atoms with E-state index in [1.54, 1.807) is 12.1 Å². The van der Waals surface area contributed by atoms with Gasteiger partial charge in [0.1, 0.15) is 4.21 Å². The summed E-state index contributed by atoms with van der Waals surface area (Å²) in [4.78, 5) is 0.848. The highest BCUT2D eigenvalue weighted by molar-refractivity contribution is 7.94. The molecule has 0 aliphatic carbocycles. The molecule has 1 aliphatic rings. The van der Waals surface area contributed by atoms with Crippen LogP contribution in [0.15, 0.2) is 45.5 Å². The van der Waals surface area contributed by atoms with Gasteiger partial charge >= 0.3 is 0 Å². The zero-order valence-electron chi connectivity index (χ0n) is 14.1. The lowest BCUT2D eigenvalue weighted by Gasteiger charge is -2.14. The number of sulfonamides is 2. The minimum atomic E-state index is -3.82. The Labute approximate surface area is 156 Å². The molecule has 1 fully saturated rings. The van der Waals surface area contributed by atoms with Crippen LogP contribution in [0, 0.1) is 5.92 Å². The van der Waals surface area contributed by atoms with Crippen molar-refractivity contribution in [3.63, 3.8) is 0 Å². The number of nitrogens with two attached hydrogens (primary N) is 1. The summed E-state index contributed by atoms with van der Waals surface area (Å²) in [5.41, 5.74) is 6.60. The Morgan fingerprint density at radius 2 is 1.65 bits per heavy atom. The van der Waals surface area contributed by atoms with Crippen LogP contribution < -0.4 is 20.7 Å². The molecule has 3 rings (SSSR count). The summed E-state index contributed by atoms with van der Waals surface area (Å²) in [7, 11) is -7.58. The van der Waals surface area contributed by atoms with E-state index in [0.717, 1.165) is 4.88 Å². The smallest absolute Gasteiger partial charge is 0.271 e. The van der Waals surface area contributed by atoms with Crippen molar-refractivity contribution in [1.29, 1.82) is 0 Å². The summed E-state index contributed by atoms with van der Waals surface area (Å²) in [6.45, 7) is 4.16. The Morgan fingerprint density at radius 3 is 2.19 bits per heavy atom. The van der Waals surface area contributed by atoms with Gasteiger partial charge in [0.05, 0.1) is 10.9 Å². The Kier molecular flexibility index (Phi) is 5.12. The Hall–Kier alpha value is -1.50. The highest BCUT2D eigenvalue weighted by atomic mass is 32.2. The van der Waals surface area contributed by atoms with E-state index in [4.69, 9.17) is 5.14 Å². The van der Waals surface area contributed by atoms with Crippen LogP contribution in [0.4, 0.5) is 5.69 Å². The fourth-order valence-electron chi connectivity index (χ4n) is 2.67. The molecule has 2 aromatic rings. The molecule has 5 N–H and O–H groups in total. The molecule has 1 saturated heterocycles. The zero-order chi connectivity index (χ0) is 19.1. The van der Waals surface area contributed by atoms with Crippen LogP contribution in [0.25, 0.3) is 0 Å². The van der Waals surface area contributed by atoms with Crippen LogP contribution in [-0.4, -0.2) is 22.9 Å². The normalized spacial score (nSPS) is 23.9. The lowest BCUT2D eigenvalue weighted by molar-refractivity contribution is 0.481. The van der Waals surface area contributed by atoms with Crippen molar-refractivity contribution in [2.24, 2.45) is 11.1 Å². The van der Waals surface area contributed by atoms with Crippen LogP contribution >= 0.6 is 11.3 Å². The van der Waals surface area contributed by atoms with Gasteiger partial charge in [0.15, 0.2) is 0 Å². The summed E-state index contributed by atoms with van der Waals surface area (Å²) in [6, 6.07) is 8.94. The van der Waals surface area contributed by atoms with Crippen LogP contribution in [0.2, 0.25) is 0 Å². The first-order valence-electron chi connectivity index (χ1n) is 7.84. The average molecular weight is 417 g/mol. The third-order valence-corrected chi connectivity index (χ3v) is 8.36. The van der Waals surface area contributed by atoms with E-state index < -0.39 is 20.0 Å². The fraction of sp³-hybridized carbons (Fsp3) is 0.333. The zero-order valence-corrected chi connectivity index (χ0v) is 16.6. The summed E-state index contributed by atoms with van der Waals surface area (Å²) in [5, 5.41) is 5.03. The molecular formula is C15H20N4O4S3. The molecule has 1 aliphatic heterocycles. The van der Waals surface area contributed by atoms with E-state index in [-0.39, 0.29) is 26.9 Å². The molecule has 0 amide bonds. The van der Waals surface area contributed by atoms with E-state index in [2.05, 4.69) is 29.4 Å². The van der Waals surface area contributed by atoms with Gasteiger partial charge in [-0.3, -0.25) is 10.1 Å². The minimum Gasteiger partial charge on any atom is -0.279 e. The molecule has 0 bridgehead atoms. The number of anilines is 1. The topological polar surface area (TPSA) is 130 Å². The maximum Gasteiger partial charge on any atom is 0.271 e. The fourth-order valence-corrected chi connectivity index (χ4v) is 5.73. The highest BCUT2D eigenvalue weighted by Gasteiger charge is 2.32. The summed E-state index contributed by atoms with van der Waals surface area (Å²) in [5.74, 6) is 0.322. The lowest BCUT2D eigenvalue weighted by Crippen LogP contribution is -2.28. The molecule has 3 atom stereocenters. The van der Waals surface area contributed by atoms with E-state index in [1.807, 2.05) is 0 Å². The molecule has 0 spiro atoms. The molecule has 3 unspecified atom stereocenters. The number of benzene rings is 1. The molecule has 142 valence electrons. The van der Waals surface area contributed by atoms with Crippen molar-refractivity contribution < 1.29 is 16.8 Å². The molecule has 11 heteroatoms. The van der Waals surface area contributed by atoms with Crippen molar-refractivity contribution in [1.82, 2.24) is 10.9 Å². The van der Waals surface area contributed by atoms with Crippen molar-refractivity contribution in [2.75, 3.05) is 4.72 Å². The summed E-state index contributed by atoms with van der Waals surface area (Å²) < 4.78 is 50.3. The number of thiophene rings is 1. The predicted molar refractivity (Wildman–Crippen MR) is 101 cm³/mol. The quantitative estimate of drug-likeness (QED) is 0.582. The Morgan fingerprint density at radius 1 is 1.00 bits per heavy atom. The average Bonchev–Trinajstić information content (AvgIpc) is 3.15. The van der Waals surface area contributed by atoms with Gasteiger partial charge in [-0.1, -0.05) is 6.92 Å². The molecule has 8 nitrogen and oxygen atoms in total. The van der Waals surface area contributed by atoms with Gasteiger partial charge in [-0.25, -0.2) is 27.4 Å². The first-order chi connectivity index (χ1) is 12.1. The van der Waals surface area contributed by atoms with Crippen molar-refractivity contribution in [2.45, 2.75) is 35.0 Å². The third-order valence-electron chi connectivity index (χ3n) is 4.39. The summed E-state index contributed by atoms with van der Waals surface area (Å²) in [6.07, 6.45) is 0. The van der Waals surface area contributed by atoms with Crippen LogP contribution in [-0.2, 0) is 20.0 Å². The van der Waals surface area contributed by atoms with Crippen molar-refractivity contribution in [3.8, 4) is 0 Å². The monoisotopic (exact) mass is 416 g/mol. The maximum absolute atomic E-state index is 12.6. The van der Waals surface area contributed by atoms with E-state index in [0.29, 0.717) is 5.92 Å². The van der Waals surface area contributed by atoms with Gasteiger partial charge in [0, 0.05) is 16.6 Å². The number of nitrogens with one attached hydrogen (secondary N) is 3. The third kappa shape index (κ3) is 3.92. The van der Waals surface area contributed by atoms with E-state index >= 15 is 0 Å². The lowest BCUT2D eigenvalue weighted by atomic mass is 9.97. The molecule has 1 aromatic heterocycles. The van der Waals surface area contributed by atoms with Gasteiger partial charge in [0.2, 0.25) is 10.0 Å². The summed E-state index contributed by atoms with van der Waals surface area (Å²) >= 11 is 1.20. The molecule has 2 heterocycles. The van der Waals surface area contributed by atoms with Gasteiger partial charge in [0.25, 0.3) is 10.0 Å². The second-order valence-corrected chi connectivity index (χ2v) is 10.8. The van der Waals surface area contributed by atoms with Gasteiger partial charge < -0.3 is 0 Å². The van der Waals surface area contributed by atoms with Crippen LogP contribution in [0.3, 0.4) is 0 Å². The number of hydrogen-bond acceptors (Lipinski definition) is 7. The van der Waals surface area contributed by atoms with Gasteiger partial charge in [-0.15, -0.1) is 11.3 Å². The second kappa shape index (κ2) is 6.91. The number of rotatable bonds is 5.